The normalized spacial score (nSPS) is 23.4. The Morgan fingerprint density at radius 3 is 2.85 bits per heavy atom. The zero-order chi connectivity index (χ0) is 17.8. The van der Waals surface area contributed by atoms with Crippen molar-refractivity contribution >= 4 is 34.3 Å². The van der Waals surface area contributed by atoms with E-state index in [2.05, 4.69) is 4.98 Å². The number of carbonyl (C=O) groups is 2. The predicted octanol–water partition coefficient (Wildman–Crippen LogP) is 3.11. The zero-order valence-electron chi connectivity index (χ0n) is 14.6. The summed E-state index contributed by atoms with van der Waals surface area (Å²) in [7, 11) is 0. The zero-order valence-corrected chi connectivity index (χ0v) is 15.4. The number of benzene rings is 1. The molecule has 2 fully saturated rings. The summed E-state index contributed by atoms with van der Waals surface area (Å²) in [5.74, 6) is 0.373. The minimum atomic E-state index is -0.0522. The second-order valence-corrected chi connectivity index (χ2v) is 8.23. The Morgan fingerprint density at radius 1 is 1.19 bits per heavy atom. The average Bonchev–Trinajstić information content (AvgIpc) is 3.43. The van der Waals surface area contributed by atoms with Crippen LogP contribution in [-0.4, -0.2) is 45.7 Å². The quantitative estimate of drug-likeness (QED) is 0.881. The molecular formula is C20H22ClN3O2. The molecule has 0 bridgehead atoms. The van der Waals surface area contributed by atoms with Gasteiger partial charge in [0.1, 0.15) is 0 Å². The molecule has 6 heteroatoms. The van der Waals surface area contributed by atoms with Crippen molar-refractivity contribution in [2.24, 2.45) is 5.92 Å². The van der Waals surface area contributed by atoms with Gasteiger partial charge in [-0.3, -0.25) is 9.59 Å². The smallest absolute Gasteiger partial charge is 0.227 e. The highest BCUT2D eigenvalue weighted by atomic mass is 35.5. The van der Waals surface area contributed by atoms with Crippen LogP contribution >= 0.6 is 11.6 Å². The molecule has 0 radical (unpaired) electrons. The molecule has 1 saturated carbocycles. The first kappa shape index (κ1) is 16.2. The van der Waals surface area contributed by atoms with Gasteiger partial charge in [0.05, 0.1) is 5.92 Å². The van der Waals surface area contributed by atoms with E-state index in [1.165, 1.54) is 11.3 Å². The van der Waals surface area contributed by atoms with Gasteiger partial charge >= 0.3 is 0 Å². The summed E-state index contributed by atoms with van der Waals surface area (Å²) < 4.78 is 0. The van der Waals surface area contributed by atoms with Gasteiger partial charge in [0.2, 0.25) is 11.8 Å². The van der Waals surface area contributed by atoms with Gasteiger partial charge < -0.3 is 14.8 Å². The van der Waals surface area contributed by atoms with Crippen molar-refractivity contribution < 1.29 is 9.59 Å². The predicted molar refractivity (Wildman–Crippen MR) is 99.9 cm³/mol. The number of hydrogen-bond donors (Lipinski definition) is 1. The van der Waals surface area contributed by atoms with Crippen molar-refractivity contribution in [3.8, 4) is 0 Å². The van der Waals surface area contributed by atoms with Crippen LogP contribution in [0.5, 0.6) is 0 Å². The molecule has 1 N–H and O–H groups in total. The van der Waals surface area contributed by atoms with Crippen LogP contribution in [0.4, 0.5) is 0 Å². The maximum atomic E-state index is 13.1. The third kappa shape index (κ3) is 2.69. The third-order valence-electron chi connectivity index (χ3n) is 6.03. The molecule has 1 aromatic carbocycles. The van der Waals surface area contributed by atoms with E-state index in [0.717, 1.165) is 36.7 Å². The standard InChI is InChI=1S/C20H22ClN3O2/c21-13-2-5-17-15(9-13)16-11-23(8-7-18(16)22-17)20(26)12-1-6-19(25)24(10-12)14-3-4-14/h2,5,9,12,14,22H,1,3-4,6-8,10-11H2. The summed E-state index contributed by atoms with van der Waals surface area (Å²) >= 11 is 6.17. The number of fused-ring (bicyclic) bond motifs is 3. The molecule has 1 unspecified atom stereocenters. The van der Waals surface area contributed by atoms with Crippen LogP contribution in [0.1, 0.15) is 36.9 Å². The number of nitrogens with zero attached hydrogens (tertiary/aromatic N) is 2. The number of aromatic amines is 1. The highest BCUT2D eigenvalue weighted by Crippen LogP contribution is 2.34. The molecule has 2 aliphatic heterocycles. The van der Waals surface area contributed by atoms with Crippen LogP contribution in [0.2, 0.25) is 5.02 Å². The minimum absolute atomic E-state index is 0.0522. The van der Waals surface area contributed by atoms with Crippen LogP contribution in [0.3, 0.4) is 0 Å². The molecule has 1 aliphatic carbocycles. The highest BCUT2D eigenvalue weighted by Gasteiger charge is 2.40. The largest absolute Gasteiger partial charge is 0.358 e. The highest BCUT2D eigenvalue weighted by molar-refractivity contribution is 6.31. The van der Waals surface area contributed by atoms with E-state index < -0.39 is 0 Å². The Balaban J connectivity index is 1.37. The van der Waals surface area contributed by atoms with E-state index in [1.807, 2.05) is 28.0 Å². The van der Waals surface area contributed by atoms with E-state index in [4.69, 9.17) is 11.6 Å². The number of aromatic nitrogens is 1. The van der Waals surface area contributed by atoms with Crippen LogP contribution in [-0.2, 0) is 22.6 Å². The monoisotopic (exact) mass is 371 g/mol. The lowest BCUT2D eigenvalue weighted by Crippen LogP contribution is -2.48. The maximum Gasteiger partial charge on any atom is 0.227 e. The van der Waals surface area contributed by atoms with Crippen LogP contribution in [0.25, 0.3) is 10.9 Å². The number of piperidine rings is 1. The molecule has 5 rings (SSSR count). The van der Waals surface area contributed by atoms with Crippen molar-refractivity contribution in [2.75, 3.05) is 13.1 Å². The van der Waals surface area contributed by atoms with Crippen LogP contribution < -0.4 is 0 Å². The summed E-state index contributed by atoms with van der Waals surface area (Å²) in [6, 6.07) is 6.26. The van der Waals surface area contributed by atoms with Gasteiger partial charge in [0.15, 0.2) is 0 Å². The van der Waals surface area contributed by atoms with Crippen LogP contribution in [0, 0.1) is 5.92 Å². The maximum absolute atomic E-state index is 13.1. The van der Waals surface area contributed by atoms with Crippen molar-refractivity contribution in [3.63, 3.8) is 0 Å². The Labute approximate surface area is 157 Å². The summed E-state index contributed by atoms with van der Waals surface area (Å²) in [6.45, 7) is 1.97. The lowest BCUT2D eigenvalue weighted by atomic mass is 9.94. The van der Waals surface area contributed by atoms with Crippen molar-refractivity contribution in [3.05, 3.63) is 34.5 Å². The lowest BCUT2D eigenvalue weighted by molar-refractivity contribution is -0.144. The summed E-state index contributed by atoms with van der Waals surface area (Å²) in [5.41, 5.74) is 3.48. The number of H-pyrrole nitrogens is 1. The number of likely N-dealkylation sites (tertiary alicyclic amines) is 1. The minimum Gasteiger partial charge on any atom is -0.358 e. The van der Waals surface area contributed by atoms with Crippen molar-refractivity contribution in [1.29, 1.82) is 0 Å². The molecule has 136 valence electrons. The molecule has 2 aromatic rings. The fourth-order valence-corrected chi connectivity index (χ4v) is 4.62. The fraction of sp³-hybridized carbons (Fsp3) is 0.500. The second kappa shape index (κ2) is 6.02. The number of rotatable bonds is 2. The number of hydrogen-bond acceptors (Lipinski definition) is 2. The topological polar surface area (TPSA) is 56.4 Å². The van der Waals surface area contributed by atoms with E-state index in [1.54, 1.807) is 0 Å². The van der Waals surface area contributed by atoms with Gasteiger partial charge in [-0.05, 0) is 37.5 Å². The third-order valence-corrected chi connectivity index (χ3v) is 6.27. The molecule has 5 nitrogen and oxygen atoms in total. The Hall–Kier alpha value is -2.01. The molecule has 0 spiro atoms. The molecule has 2 amide bonds. The first-order valence-corrected chi connectivity index (χ1v) is 9.85. The Bertz CT molecular complexity index is 902. The van der Waals surface area contributed by atoms with E-state index in [-0.39, 0.29) is 17.7 Å². The SMILES string of the molecule is O=C(C1CCC(=O)N(C2CC2)C1)N1CCc2[nH]c3ccc(Cl)cc3c2C1. The van der Waals surface area contributed by atoms with Gasteiger partial charge in [-0.25, -0.2) is 0 Å². The second-order valence-electron chi connectivity index (χ2n) is 7.79. The molecule has 1 saturated heterocycles. The van der Waals surface area contributed by atoms with E-state index in [0.29, 0.717) is 37.0 Å². The lowest BCUT2D eigenvalue weighted by Gasteiger charge is -2.36. The molecule has 3 aliphatic rings. The van der Waals surface area contributed by atoms with E-state index in [9.17, 15) is 9.59 Å². The number of nitrogens with one attached hydrogen (secondary N) is 1. The van der Waals surface area contributed by atoms with Gasteiger partial charge in [-0.2, -0.15) is 0 Å². The van der Waals surface area contributed by atoms with Gasteiger partial charge in [-0.15, -0.1) is 0 Å². The number of halogens is 1. The number of amides is 2. The van der Waals surface area contributed by atoms with Crippen molar-refractivity contribution in [2.45, 2.75) is 44.7 Å². The van der Waals surface area contributed by atoms with Gasteiger partial charge in [-0.1, -0.05) is 11.6 Å². The summed E-state index contributed by atoms with van der Waals surface area (Å²) in [6.07, 6.45) is 4.22. The fourth-order valence-electron chi connectivity index (χ4n) is 4.45. The van der Waals surface area contributed by atoms with Gasteiger partial charge in [0.25, 0.3) is 0 Å². The summed E-state index contributed by atoms with van der Waals surface area (Å²) in [4.78, 5) is 32.6. The molecule has 1 aromatic heterocycles. The first-order chi connectivity index (χ1) is 12.6. The molecule has 26 heavy (non-hydrogen) atoms. The summed E-state index contributed by atoms with van der Waals surface area (Å²) in [5, 5.41) is 1.83. The first-order valence-electron chi connectivity index (χ1n) is 9.47. The van der Waals surface area contributed by atoms with Gasteiger partial charge in [0, 0.05) is 65.7 Å². The molecule has 1 atom stereocenters. The Morgan fingerprint density at radius 2 is 2.04 bits per heavy atom. The average molecular weight is 372 g/mol. The van der Waals surface area contributed by atoms with Crippen molar-refractivity contribution in [1.82, 2.24) is 14.8 Å². The van der Waals surface area contributed by atoms with Crippen LogP contribution in [0.15, 0.2) is 18.2 Å². The van der Waals surface area contributed by atoms with E-state index >= 15 is 0 Å². The number of carbonyl (C=O) groups excluding carboxylic acids is 2. The Kier molecular flexibility index (Phi) is 3.74. The molecular weight excluding hydrogens is 350 g/mol. The molecule has 3 heterocycles.